The summed E-state index contributed by atoms with van der Waals surface area (Å²) in [5.74, 6) is -0.165. The first-order valence-electron chi connectivity index (χ1n) is 6.03. The number of hydrogen-bond donors (Lipinski definition) is 3. The van der Waals surface area contributed by atoms with Gasteiger partial charge in [0, 0.05) is 24.5 Å². The molecule has 1 aromatic rings. The summed E-state index contributed by atoms with van der Waals surface area (Å²) in [6.07, 6.45) is 0. The van der Waals surface area contributed by atoms with Gasteiger partial charge in [-0.1, -0.05) is 0 Å². The number of benzene rings is 1. The maximum atomic E-state index is 11.7. The van der Waals surface area contributed by atoms with Crippen molar-refractivity contribution in [3.63, 3.8) is 0 Å². The summed E-state index contributed by atoms with van der Waals surface area (Å²) >= 11 is 0. The van der Waals surface area contributed by atoms with E-state index in [-0.39, 0.29) is 29.1 Å². The molecule has 1 amide bonds. The summed E-state index contributed by atoms with van der Waals surface area (Å²) in [4.78, 5) is 13.2. The summed E-state index contributed by atoms with van der Waals surface area (Å²) in [7, 11) is -2.17. The van der Waals surface area contributed by atoms with Crippen LogP contribution in [0.3, 0.4) is 0 Å². The van der Waals surface area contributed by atoms with Crippen molar-refractivity contribution in [1.82, 2.24) is 5.32 Å². The van der Waals surface area contributed by atoms with Gasteiger partial charge < -0.3 is 16.0 Å². The van der Waals surface area contributed by atoms with E-state index in [0.717, 1.165) is 0 Å². The standard InChI is InChI=1S/C12H20N4O3S/c1-8(2)15-12(17)7-16(3)10-4-9(13)5-11(6-10)20(14,18)19/h4-6,8H,7,13H2,1-3H3,(H,15,17)(H2,14,18,19). The van der Waals surface area contributed by atoms with Gasteiger partial charge in [0.2, 0.25) is 15.9 Å². The molecule has 0 atom stereocenters. The normalized spacial score (nSPS) is 11.4. The van der Waals surface area contributed by atoms with E-state index in [9.17, 15) is 13.2 Å². The number of nitrogens with two attached hydrogens (primary N) is 2. The Morgan fingerprint density at radius 2 is 1.95 bits per heavy atom. The van der Waals surface area contributed by atoms with E-state index in [0.29, 0.717) is 5.69 Å². The predicted molar refractivity (Wildman–Crippen MR) is 78.8 cm³/mol. The van der Waals surface area contributed by atoms with Gasteiger partial charge in [0.05, 0.1) is 11.4 Å². The number of carbonyl (C=O) groups is 1. The fraction of sp³-hybridized carbons (Fsp3) is 0.417. The van der Waals surface area contributed by atoms with Crippen LogP contribution >= 0.6 is 0 Å². The Hall–Kier alpha value is -1.80. The van der Waals surface area contributed by atoms with Crippen molar-refractivity contribution in [2.75, 3.05) is 24.2 Å². The number of nitrogens with zero attached hydrogens (tertiary/aromatic N) is 1. The first kappa shape index (κ1) is 16.3. The molecule has 0 heterocycles. The molecule has 1 aromatic carbocycles. The largest absolute Gasteiger partial charge is 0.399 e. The van der Waals surface area contributed by atoms with Gasteiger partial charge in [-0.15, -0.1) is 0 Å². The number of nitrogens with one attached hydrogen (secondary N) is 1. The van der Waals surface area contributed by atoms with Crippen LogP contribution < -0.4 is 21.1 Å². The van der Waals surface area contributed by atoms with Crippen molar-refractivity contribution in [2.45, 2.75) is 24.8 Å². The maximum absolute atomic E-state index is 11.7. The molecule has 0 saturated heterocycles. The Balaban J connectivity index is 2.96. The molecule has 0 aliphatic rings. The lowest BCUT2D eigenvalue weighted by molar-refractivity contribution is -0.120. The first-order valence-corrected chi connectivity index (χ1v) is 7.58. The fourth-order valence-corrected chi connectivity index (χ4v) is 2.25. The summed E-state index contributed by atoms with van der Waals surface area (Å²) in [5, 5.41) is 7.83. The van der Waals surface area contributed by atoms with Gasteiger partial charge in [-0.25, -0.2) is 13.6 Å². The van der Waals surface area contributed by atoms with Crippen molar-refractivity contribution in [3.8, 4) is 0 Å². The van der Waals surface area contributed by atoms with E-state index in [2.05, 4.69) is 5.32 Å². The second-order valence-electron chi connectivity index (χ2n) is 4.88. The number of primary sulfonamides is 1. The van der Waals surface area contributed by atoms with Crippen molar-refractivity contribution in [3.05, 3.63) is 18.2 Å². The first-order chi connectivity index (χ1) is 9.09. The Kier molecular flexibility index (Phi) is 4.96. The van der Waals surface area contributed by atoms with E-state index < -0.39 is 10.0 Å². The fourth-order valence-electron chi connectivity index (χ4n) is 1.66. The third-order valence-corrected chi connectivity index (χ3v) is 3.41. The molecule has 0 radical (unpaired) electrons. The molecular weight excluding hydrogens is 280 g/mol. The van der Waals surface area contributed by atoms with Crippen molar-refractivity contribution in [2.24, 2.45) is 5.14 Å². The van der Waals surface area contributed by atoms with E-state index in [1.807, 2.05) is 13.8 Å². The molecule has 7 nitrogen and oxygen atoms in total. The molecule has 0 saturated carbocycles. The van der Waals surface area contributed by atoms with E-state index in [4.69, 9.17) is 10.9 Å². The molecule has 0 unspecified atom stereocenters. The second-order valence-corrected chi connectivity index (χ2v) is 6.44. The van der Waals surface area contributed by atoms with Crippen molar-refractivity contribution >= 4 is 27.3 Å². The average molecular weight is 300 g/mol. The quantitative estimate of drug-likeness (QED) is 0.655. The number of carbonyl (C=O) groups excluding carboxylic acids is 1. The number of nitrogen functional groups attached to an aromatic ring is 1. The van der Waals surface area contributed by atoms with Crippen LogP contribution in [-0.2, 0) is 14.8 Å². The Morgan fingerprint density at radius 3 is 2.45 bits per heavy atom. The van der Waals surface area contributed by atoms with Gasteiger partial charge in [0.1, 0.15) is 0 Å². The summed E-state index contributed by atoms with van der Waals surface area (Å²) in [6.45, 7) is 3.81. The Bertz CT molecular complexity index is 599. The van der Waals surface area contributed by atoms with Crippen LogP contribution in [0.15, 0.2) is 23.1 Å². The van der Waals surface area contributed by atoms with Gasteiger partial charge in [-0.2, -0.15) is 0 Å². The lowest BCUT2D eigenvalue weighted by atomic mass is 10.2. The van der Waals surface area contributed by atoms with Gasteiger partial charge >= 0.3 is 0 Å². The average Bonchev–Trinajstić information content (AvgIpc) is 2.25. The maximum Gasteiger partial charge on any atom is 0.239 e. The monoisotopic (exact) mass is 300 g/mol. The molecule has 20 heavy (non-hydrogen) atoms. The van der Waals surface area contributed by atoms with Crippen molar-refractivity contribution < 1.29 is 13.2 Å². The zero-order chi connectivity index (χ0) is 15.5. The highest BCUT2D eigenvalue weighted by Gasteiger charge is 2.14. The molecule has 0 aliphatic carbocycles. The minimum Gasteiger partial charge on any atom is -0.399 e. The Labute approximate surface area is 119 Å². The molecule has 0 spiro atoms. The molecule has 8 heteroatoms. The number of hydrogen-bond acceptors (Lipinski definition) is 5. The number of anilines is 2. The van der Waals surface area contributed by atoms with Gasteiger partial charge in [-0.3, -0.25) is 4.79 Å². The molecule has 0 bridgehead atoms. The highest BCUT2D eigenvalue weighted by molar-refractivity contribution is 7.89. The lowest BCUT2D eigenvalue weighted by Gasteiger charge is -2.20. The van der Waals surface area contributed by atoms with Crippen LogP contribution in [0.4, 0.5) is 11.4 Å². The molecule has 0 fully saturated rings. The van der Waals surface area contributed by atoms with Gasteiger partial charge in [0.25, 0.3) is 0 Å². The van der Waals surface area contributed by atoms with Crippen LogP contribution in [0.25, 0.3) is 0 Å². The van der Waals surface area contributed by atoms with Crippen molar-refractivity contribution in [1.29, 1.82) is 0 Å². The smallest absolute Gasteiger partial charge is 0.239 e. The van der Waals surface area contributed by atoms with Crippen LogP contribution in [0, 0.1) is 0 Å². The van der Waals surface area contributed by atoms with Crippen LogP contribution in [0.5, 0.6) is 0 Å². The second kappa shape index (κ2) is 6.10. The predicted octanol–water partition coefficient (Wildman–Crippen LogP) is -0.123. The number of rotatable bonds is 5. The van der Waals surface area contributed by atoms with Crippen LogP contribution in [0.2, 0.25) is 0 Å². The third-order valence-electron chi connectivity index (χ3n) is 2.51. The highest BCUT2D eigenvalue weighted by Crippen LogP contribution is 2.22. The topological polar surface area (TPSA) is 119 Å². The summed E-state index contributed by atoms with van der Waals surface area (Å²) < 4.78 is 22.7. The SMILES string of the molecule is CC(C)NC(=O)CN(C)c1cc(N)cc(S(N)(=O)=O)c1. The Morgan fingerprint density at radius 1 is 1.35 bits per heavy atom. The van der Waals surface area contributed by atoms with E-state index in [1.54, 1.807) is 18.0 Å². The molecule has 1 rings (SSSR count). The summed E-state index contributed by atoms with van der Waals surface area (Å²) in [5.41, 5.74) is 6.43. The number of amides is 1. The number of likely N-dealkylation sites (N-methyl/N-ethyl adjacent to an activating group) is 1. The van der Waals surface area contributed by atoms with Crippen LogP contribution in [0.1, 0.15) is 13.8 Å². The molecule has 0 aromatic heterocycles. The minimum absolute atomic E-state index is 0.0386. The third kappa shape index (κ3) is 4.71. The molecular formula is C12H20N4O3S. The van der Waals surface area contributed by atoms with Gasteiger partial charge in [0.15, 0.2) is 0 Å². The van der Waals surface area contributed by atoms with E-state index >= 15 is 0 Å². The van der Waals surface area contributed by atoms with E-state index in [1.165, 1.54) is 12.1 Å². The number of sulfonamides is 1. The van der Waals surface area contributed by atoms with Gasteiger partial charge in [-0.05, 0) is 32.0 Å². The zero-order valence-electron chi connectivity index (χ0n) is 11.8. The molecule has 112 valence electrons. The molecule has 0 aliphatic heterocycles. The highest BCUT2D eigenvalue weighted by atomic mass is 32.2. The minimum atomic E-state index is -3.84. The lowest BCUT2D eigenvalue weighted by Crippen LogP contribution is -2.38. The molecule has 5 N–H and O–H groups in total. The van der Waals surface area contributed by atoms with Crippen LogP contribution in [-0.4, -0.2) is 34.0 Å². The zero-order valence-corrected chi connectivity index (χ0v) is 12.6. The summed E-state index contributed by atoms with van der Waals surface area (Å²) in [6, 6.07) is 4.28.